The minimum Gasteiger partial charge on any atom is -0.493 e. The van der Waals surface area contributed by atoms with Gasteiger partial charge in [-0.25, -0.2) is 9.48 Å². The first-order valence-electron chi connectivity index (χ1n) is 8.53. The Morgan fingerprint density at radius 1 is 1.26 bits per heavy atom. The molecule has 27 heavy (non-hydrogen) atoms. The van der Waals surface area contributed by atoms with Gasteiger partial charge in [0, 0.05) is 0 Å². The number of carbonyl (C=O) groups excluding carboxylic acids is 1. The molecule has 9 heteroatoms. The van der Waals surface area contributed by atoms with Gasteiger partial charge in [-0.2, -0.15) is 0 Å². The zero-order chi connectivity index (χ0) is 20.0. The number of nitrogens with zero attached hydrogens (tertiary/aromatic N) is 3. The van der Waals surface area contributed by atoms with Gasteiger partial charge in [-0.3, -0.25) is 4.79 Å². The van der Waals surface area contributed by atoms with Gasteiger partial charge in [0.25, 0.3) is 0 Å². The van der Waals surface area contributed by atoms with Crippen LogP contribution in [0.4, 0.5) is 0 Å². The molecule has 1 aromatic heterocycles. The highest BCUT2D eigenvalue weighted by atomic mass is 16.5. The SMILES string of the molecule is COc1cc(C(C)NC(=O)Cn2cc(C(=O)O)nn2)ccc1OCC(C)C. The van der Waals surface area contributed by atoms with Crippen LogP contribution in [0.5, 0.6) is 11.5 Å². The first kappa shape index (κ1) is 20.2. The van der Waals surface area contributed by atoms with Crippen molar-refractivity contribution in [1.29, 1.82) is 0 Å². The van der Waals surface area contributed by atoms with E-state index in [2.05, 4.69) is 29.5 Å². The fourth-order valence-corrected chi connectivity index (χ4v) is 2.32. The maximum absolute atomic E-state index is 12.2. The molecule has 1 atom stereocenters. The average molecular weight is 376 g/mol. The zero-order valence-electron chi connectivity index (χ0n) is 15.8. The van der Waals surface area contributed by atoms with E-state index in [9.17, 15) is 9.59 Å². The number of carboxylic acid groups (broad SMARTS) is 1. The summed E-state index contributed by atoms with van der Waals surface area (Å²) in [6.45, 7) is 6.42. The van der Waals surface area contributed by atoms with Crippen molar-refractivity contribution in [3.8, 4) is 11.5 Å². The fourth-order valence-electron chi connectivity index (χ4n) is 2.32. The Kier molecular flexibility index (Phi) is 6.75. The maximum atomic E-state index is 12.2. The van der Waals surface area contributed by atoms with Gasteiger partial charge in [-0.05, 0) is 30.5 Å². The summed E-state index contributed by atoms with van der Waals surface area (Å²) in [6, 6.07) is 5.21. The number of methoxy groups -OCH3 is 1. The number of aromatic nitrogens is 3. The summed E-state index contributed by atoms with van der Waals surface area (Å²) in [5, 5.41) is 18.8. The summed E-state index contributed by atoms with van der Waals surface area (Å²) in [5.41, 5.74) is 0.638. The second-order valence-corrected chi connectivity index (χ2v) is 6.51. The Bertz CT molecular complexity index is 803. The highest BCUT2D eigenvalue weighted by Gasteiger charge is 2.15. The van der Waals surface area contributed by atoms with Gasteiger partial charge in [0.15, 0.2) is 17.2 Å². The summed E-state index contributed by atoms with van der Waals surface area (Å²) in [6.07, 6.45) is 1.20. The quantitative estimate of drug-likeness (QED) is 0.686. The summed E-state index contributed by atoms with van der Waals surface area (Å²) in [4.78, 5) is 23.0. The lowest BCUT2D eigenvalue weighted by molar-refractivity contribution is -0.122. The Labute approximate surface area is 157 Å². The summed E-state index contributed by atoms with van der Waals surface area (Å²) >= 11 is 0. The lowest BCUT2D eigenvalue weighted by atomic mass is 10.1. The van der Waals surface area contributed by atoms with Gasteiger partial charge in [0.05, 0.1) is 26.0 Å². The minimum absolute atomic E-state index is 0.128. The summed E-state index contributed by atoms with van der Waals surface area (Å²) in [5.74, 6) is 0.130. The van der Waals surface area contributed by atoms with Crippen LogP contribution >= 0.6 is 0 Å². The zero-order valence-corrected chi connectivity index (χ0v) is 15.8. The number of aromatic carboxylic acids is 1. The van der Waals surface area contributed by atoms with Crippen molar-refractivity contribution in [2.24, 2.45) is 5.92 Å². The molecule has 0 bridgehead atoms. The van der Waals surface area contributed by atoms with Gasteiger partial charge in [0.1, 0.15) is 6.54 Å². The van der Waals surface area contributed by atoms with E-state index in [1.165, 1.54) is 10.9 Å². The number of ether oxygens (including phenoxy) is 2. The summed E-state index contributed by atoms with van der Waals surface area (Å²) < 4.78 is 12.3. The maximum Gasteiger partial charge on any atom is 0.358 e. The van der Waals surface area contributed by atoms with E-state index >= 15 is 0 Å². The Morgan fingerprint density at radius 2 is 2.00 bits per heavy atom. The number of carbonyl (C=O) groups is 2. The highest BCUT2D eigenvalue weighted by Crippen LogP contribution is 2.30. The third-order valence-corrected chi connectivity index (χ3v) is 3.70. The lowest BCUT2D eigenvalue weighted by Gasteiger charge is -2.17. The second-order valence-electron chi connectivity index (χ2n) is 6.51. The van der Waals surface area contributed by atoms with Crippen molar-refractivity contribution in [2.45, 2.75) is 33.4 Å². The van der Waals surface area contributed by atoms with Crippen LogP contribution in [-0.4, -0.2) is 45.7 Å². The topological polar surface area (TPSA) is 116 Å². The Hall–Kier alpha value is -3.10. The number of rotatable bonds is 9. The van der Waals surface area contributed by atoms with E-state index in [4.69, 9.17) is 14.6 Å². The number of carboxylic acids is 1. The van der Waals surface area contributed by atoms with Gasteiger partial charge in [-0.1, -0.05) is 25.1 Å². The van der Waals surface area contributed by atoms with Crippen LogP contribution < -0.4 is 14.8 Å². The lowest BCUT2D eigenvalue weighted by Crippen LogP contribution is -2.30. The van der Waals surface area contributed by atoms with Crippen LogP contribution in [0.1, 0.15) is 42.9 Å². The van der Waals surface area contributed by atoms with E-state index in [0.717, 1.165) is 5.56 Å². The molecule has 0 saturated carbocycles. The van der Waals surface area contributed by atoms with Crippen molar-refractivity contribution in [3.05, 3.63) is 35.7 Å². The third kappa shape index (κ3) is 5.70. The first-order chi connectivity index (χ1) is 12.8. The molecule has 1 unspecified atom stereocenters. The van der Waals surface area contributed by atoms with Gasteiger partial charge >= 0.3 is 5.97 Å². The van der Waals surface area contributed by atoms with Crippen molar-refractivity contribution in [2.75, 3.05) is 13.7 Å². The largest absolute Gasteiger partial charge is 0.493 e. The predicted octanol–water partition coefficient (Wildman–Crippen LogP) is 1.90. The smallest absolute Gasteiger partial charge is 0.358 e. The van der Waals surface area contributed by atoms with E-state index in [1.54, 1.807) is 7.11 Å². The Balaban J connectivity index is 2.00. The molecule has 2 aromatic rings. The van der Waals surface area contributed by atoms with Crippen molar-refractivity contribution in [1.82, 2.24) is 20.3 Å². The van der Waals surface area contributed by atoms with Crippen LogP contribution in [-0.2, 0) is 11.3 Å². The molecule has 0 aliphatic heterocycles. The monoisotopic (exact) mass is 376 g/mol. The number of amides is 1. The molecule has 2 N–H and O–H groups in total. The van der Waals surface area contributed by atoms with Crippen LogP contribution in [0.15, 0.2) is 24.4 Å². The molecule has 0 aliphatic rings. The number of hydrogen-bond donors (Lipinski definition) is 2. The van der Waals surface area contributed by atoms with E-state index < -0.39 is 5.97 Å². The normalized spacial score (nSPS) is 11.9. The second kappa shape index (κ2) is 9.02. The molecular weight excluding hydrogens is 352 g/mol. The van der Waals surface area contributed by atoms with Gasteiger partial charge < -0.3 is 19.9 Å². The Morgan fingerprint density at radius 3 is 2.59 bits per heavy atom. The summed E-state index contributed by atoms with van der Waals surface area (Å²) in [7, 11) is 1.56. The fraction of sp³-hybridized carbons (Fsp3) is 0.444. The molecule has 146 valence electrons. The van der Waals surface area contributed by atoms with E-state index in [-0.39, 0.29) is 24.2 Å². The molecule has 1 aromatic carbocycles. The van der Waals surface area contributed by atoms with Crippen LogP contribution in [0.2, 0.25) is 0 Å². The van der Waals surface area contributed by atoms with Crippen LogP contribution in [0, 0.1) is 5.92 Å². The van der Waals surface area contributed by atoms with Gasteiger partial charge in [0.2, 0.25) is 5.91 Å². The van der Waals surface area contributed by atoms with Crippen LogP contribution in [0.3, 0.4) is 0 Å². The molecule has 1 heterocycles. The van der Waals surface area contributed by atoms with Crippen molar-refractivity contribution in [3.63, 3.8) is 0 Å². The molecule has 1 amide bonds. The predicted molar refractivity (Wildman–Crippen MR) is 96.9 cm³/mol. The first-order valence-corrected chi connectivity index (χ1v) is 8.53. The molecule has 0 fully saturated rings. The molecule has 0 saturated heterocycles. The molecule has 2 rings (SSSR count). The molecule has 9 nitrogen and oxygen atoms in total. The van der Waals surface area contributed by atoms with Crippen LogP contribution in [0.25, 0.3) is 0 Å². The van der Waals surface area contributed by atoms with E-state index in [0.29, 0.717) is 24.0 Å². The van der Waals surface area contributed by atoms with E-state index in [1.807, 2.05) is 25.1 Å². The average Bonchev–Trinajstić information content (AvgIpc) is 3.08. The number of benzene rings is 1. The molecule has 0 radical (unpaired) electrons. The third-order valence-electron chi connectivity index (χ3n) is 3.70. The number of nitrogens with one attached hydrogen (secondary N) is 1. The van der Waals surface area contributed by atoms with Gasteiger partial charge in [-0.15, -0.1) is 5.10 Å². The standard InChI is InChI=1S/C18H24N4O5/c1-11(2)10-27-15-6-5-13(7-16(15)26-4)12(3)19-17(23)9-22-8-14(18(24)25)20-21-22/h5-8,11-12H,9-10H2,1-4H3,(H,19,23)(H,24,25). The molecule has 0 aliphatic carbocycles. The number of hydrogen-bond acceptors (Lipinski definition) is 6. The highest BCUT2D eigenvalue weighted by molar-refractivity contribution is 5.84. The van der Waals surface area contributed by atoms with Crippen molar-refractivity contribution >= 4 is 11.9 Å². The molecular formula is C18H24N4O5. The molecule has 0 spiro atoms. The van der Waals surface area contributed by atoms with Crippen molar-refractivity contribution < 1.29 is 24.2 Å². The minimum atomic E-state index is -1.19.